The Bertz CT molecular complexity index is 1280. The Kier molecular flexibility index (Phi) is 10.1. The van der Waals surface area contributed by atoms with Gasteiger partial charge in [0.25, 0.3) is 5.91 Å². The number of nitrogens with zero attached hydrogens (tertiary/aromatic N) is 1. The number of hydrogen-bond acceptors (Lipinski definition) is 7. The van der Waals surface area contributed by atoms with E-state index in [9.17, 15) is 9.59 Å². The topological polar surface area (TPSA) is 116 Å². The van der Waals surface area contributed by atoms with Crippen LogP contribution in [0.25, 0.3) is 0 Å². The minimum atomic E-state index is -0.978. The van der Waals surface area contributed by atoms with E-state index in [-0.39, 0.29) is 12.2 Å². The van der Waals surface area contributed by atoms with E-state index in [2.05, 4.69) is 33.1 Å². The number of carboxylic acids is 1. The van der Waals surface area contributed by atoms with Crippen molar-refractivity contribution in [1.82, 2.24) is 5.43 Å². The Hall–Kier alpha value is -3.80. The molecule has 0 saturated carbocycles. The molecule has 1 amide bonds. The van der Waals surface area contributed by atoms with Crippen LogP contribution in [0.15, 0.2) is 59.7 Å². The number of amides is 1. The third-order valence-electron chi connectivity index (χ3n) is 5.02. The lowest BCUT2D eigenvalue weighted by Gasteiger charge is -2.15. The summed E-state index contributed by atoms with van der Waals surface area (Å²) in [6.07, 6.45) is 1.52. The number of nitrogens with one attached hydrogen (secondary N) is 1. The van der Waals surface area contributed by atoms with E-state index in [0.717, 1.165) is 9.13 Å². The predicted molar refractivity (Wildman–Crippen MR) is 147 cm³/mol. The summed E-state index contributed by atoms with van der Waals surface area (Å²) in [5.74, 6) is 0.737. The SMILES string of the molecule is CCOc1cc(C(=O)N/N=C/c2cc(I)c(OCc3ccc(C(=O)O)cc3)c(OCC)c2)ccc1OC. The van der Waals surface area contributed by atoms with Gasteiger partial charge in [-0.1, -0.05) is 12.1 Å². The molecule has 0 bridgehead atoms. The van der Waals surface area contributed by atoms with E-state index in [1.807, 2.05) is 19.9 Å². The van der Waals surface area contributed by atoms with Gasteiger partial charge in [0.1, 0.15) is 6.61 Å². The van der Waals surface area contributed by atoms with Crippen molar-refractivity contribution in [1.29, 1.82) is 0 Å². The smallest absolute Gasteiger partial charge is 0.335 e. The number of hydrazone groups is 1. The molecule has 194 valence electrons. The van der Waals surface area contributed by atoms with Gasteiger partial charge in [0.15, 0.2) is 23.0 Å². The second-order valence-corrected chi connectivity index (χ2v) is 8.71. The first-order valence-corrected chi connectivity index (χ1v) is 12.5. The molecular formula is C27H27IN2O7. The Labute approximate surface area is 228 Å². The molecule has 2 N–H and O–H groups in total. The zero-order valence-corrected chi connectivity index (χ0v) is 22.8. The van der Waals surface area contributed by atoms with E-state index in [4.69, 9.17) is 24.1 Å². The zero-order chi connectivity index (χ0) is 26.8. The summed E-state index contributed by atoms with van der Waals surface area (Å²) < 4.78 is 23.3. The van der Waals surface area contributed by atoms with E-state index >= 15 is 0 Å². The third-order valence-corrected chi connectivity index (χ3v) is 5.82. The van der Waals surface area contributed by atoms with Crippen molar-refractivity contribution in [2.75, 3.05) is 20.3 Å². The molecule has 0 heterocycles. The first-order chi connectivity index (χ1) is 17.9. The maximum Gasteiger partial charge on any atom is 0.335 e. The molecule has 0 spiro atoms. The lowest BCUT2D eigenvalue weighted by atomic mass is 10.1. The highest BCUT2D eigenvalue weighted by Gasteiger charge is 2.14. The fraction of sp³-hybridized carbons (Fsp3) is 0.222. The van der Waals surface area contributed by atoms with Crippen LogP contribution in [0.1, 0.15) is 45.7 Å². The Morgan fingerprint density at radius 1 is 0.919 bits per heavy atom. The molecule has 0 aliphatic carbocycles. The van der Waals surface area contributed by atoms with Crippen molar-refractivity contribution < 1.29 is 33.6 Å². The normalized spacial score (nSPS) is 10.7. The summed E-state index contributed by atoms with van der Waals surface area (Å²) in [4.78, 5) is 23.6. The fourth-order valence-electron chi connectivity index (χ4n) is 3.28. The Morgan fingerprint density at radius 3 is 2.24 bits per heavy atom. The van der Waals surface area contributed by atoms with Gasteiger partial charge < -0.3 is 24.1 Å². The first-order valence-electron chi connectivity index (χ1n) is 11.4. The van der Waals surface area contributed by atoms with Crippen molar-refractivity contribution in [3.8, 4) is 23.0 Å². The van der Waals surface area contributed by atoms with Crippen molar-refractivity contribution in [2.45, 2.75) is 20.5 Å². The lowest BCUT2D eigenvalue weighted by molar-refractivity contribution is 0.0696. The highest BCUT2D eigenvalue weighted by atomic mass is 127. The van der Waals surface area contributed by atoms with Gasteiger partial charge in [0.2, 0.25) is 0 Å². The number of carbonyl (C=O) groups is 2. The van der Waals surface area contributed by atoms with E-state index in [1.54, 1.807) is 36.4 Å². The monoisotopic (exact) mass is 618 g/mol. The number of aromatic carboxylic acids is 1. The fourth-order valence-corrected chi connectivity index (χ4v) is 4.06. The predicted octanol–water partition coefficient (Wildman–Crippen LogP) is 5.14. The molecule has 0 saturated heterocycles. The van der Waals surface area contributed by atoms with E-state index < -0.39 is 11.9 Å². The summed E-state index contributed by atoms with van der Waals surface area (Å²) in [6.45, 7) is 4.83. The van der Waals surface area contributed by atoms with Gasteiger partial charge >= 0.3 is 5.97 Å². The van der Waals surface area contributed by atoms with Crippen LogP contribution in [-0.2, 0) is 6.61 Å². The standard InChI is InChI=1S/C27H27IN2O7/c1-4-35-23-14-20(10-11-22(23)34-3)26(31)30-29-15-18-12-21(28)25(24(13-18)36-5-2)37-16-17-6-8-19(9-7-17)27(32)33/h6-15H,4-5,16H2,1-3H3,(H,30,31)(H,32,33)/b29-15+. The van der Waals surface area contributed by atoms with Crippen molar-refractivity contribution in [2.24, 2.45) is 5.10 Å². The molecule has 0 radical (unpaired) electrons. The van der Waals surface area contributed by atoms with Gasteiger partial charge in [-0.25, -0.2) is 10.2 Å². The maximum absolute atomic E-state index is 12.6. The molecule has 3 aromatic carbocycles. The van der Waals surface area contributed by atoms with Crippen molar-refractivity contribution in [3.05, 3.63) is 80.4 Å². The number of ether oxygens (including phenoxy) is 4. The number of halogens is 1. The molecule has 9 nitrogen and oxygen atoms in total. The van der Waals surface area contributed by atoms with Crippen LogP contribution >= 0.6 is 22.6 Å². The first kappa shape index (κ1) is 27.8. The van der Waals surface area contributed by atoms with Crippen LogP contribution in [0.3, 0.4) is 0 Å². The van der Waals surface area contributed by atoms with Crippen LogP contribution in [0.5, 0.6) is 23.0 Å². The van der Waals surface area contributed by atoms with Gasteiger partial charge in [0, 0.05) is 5.56 Å². The Morgan fingerprint density at radius 2 is 1.59 bits per heavy atom. The number of carboxylic acid groups (broad SMARTS) is 1. The van der Waals surface area contributed by atoms with Crippen LogP contribution < -0.4 is 24.4 Å². The minimum absolute atomic E-state index is 0.214. The number of rotatable bonds is 12. The van der Waals surface area contributed by atoms with Crippen LogP contribution in [0, 0.1) is 3.57 Å². The minimum Gasteiger partial charge on any atom is -0.493 e. The molecule has 0 unspecified atom stereocenters. The summed E-state index contributed by atoms with van der Waals surface area (Å²) >= 11 is 2.14. The number of methoxy groups -OCH3 is 1. The second-order valence-electron chi connectivity index (χ2n) is 7.55. The van der Waals surface area contributed by atoms with Crippen LogP contribution in [0.4, 0.5) is 0 Å². The average molecular weight is 618 g/mol. The zero-order valence-electron chi connectivity index (χ0n) is 20.6. The number of benzene rings is 3. The maximum atomic E-state index is 12.6. The summed E-state index contributed by atoms with van der Waals surface area (Å²) in [5, 5.41) is 13.1. The molecule has 10 heteroatoms. The summed E-state index contributed by atoms with van der Waals surface area (Å²) in [6, 6.07) is 15.0. The average Bonchev–Trinajstić information content (AvgIpc) is 2.88. The molecule has 0 fully saturated rings. The van der Waals surface area contributed by atoms with Gasteiger partial charge in [-0.05, 0) is 90.0 Å². The second kappa shape index (κ2) is 13.5. The highest BCUT2D eigenvalue weighted by molar-refractivity contribution is 14.1. The van der Waals surface area contributed by atoms with Gasteiger partial charge in [0.05, 0.1) is 35.7 Å². The molecular weight excluding hydrogens is 591 g/mol. The molecule has 3 aromatic rings. The van der Waals surface area contributed by atoms with Crippen molar-refractivity contribution in [3.63, 3.8) is 0 Å². The molecule has 0 aliphatic heterocycles. The van der Waals surface area contributed by atoms with E-state index in [0.29, 0.717) is 47.3 Å². The highest BCUT2D eigenvalue weighted by Crippen LogP contribution is 2.34. The Balaban J connectivity index is 1.71. The van der Waals surface area contributed by atoms with Gasteiger partial charge in [-0.15, -0.1) is 0 Å². The molecule has 0 aliphatic rings. The molecule has 37 heavy (non-hydrogen) atoms. The van der Waals surface area contributed by atoms with Crippen LogP contribution in [-0.4, -0.2) is 43.5 Å². The van der Waals surface area contributed by atoms with Gasteiger partial charge in [-0.2, -0.15) is 5.10 Å². The lowest BCUT2D eigenvalue weighted by Crippen LogP contribution is -2.17. The van der Waals surface area contributed by atoms with Gasteiger partial charge in [-0.3, -0.25) is 4.79 Å². The van der Waals surface area contributed by atoms with Crippen molar-refractivity contribution >= 4 is 40.7 Å². The van der Waals surface area contributed by atoms with Crippen LogP contribution in [0.2, 0.25) is 0 Å². The quantitative estimate of drug-likeness (QED) is 0.164. The molecule has 3 rings (SSSR count). The third kappa shape index (κ3) is 7.59. The molecule has 0 atom stereocenters. The summed E-state index contributed by atoms with van der Waals surface area (Å²) in [5.41, 5.74) is 4.64. The molecule has 0 aromatic heterocycles. The summed E-state index contributed by atoms with van der Waals surface area (Å²) in [7, 11) is 1.54. The number of hydrogen-bond donors (Lipinski definition) is 2. The number of carbonyl (C=O) groups excluding carboxylic acids is 1. The largest absolute Gasteiger partial charge is 0.493 e. The van der Waals surface area contributed by atoms with E-state index in [1.165, 1.54) is 25.5 Å².